The van der Waals surface area contributed by atoms with Crippen molar-refractivity contribution in [3.8, 4) is 11.1 Å². The van der Waals surface area contributed by atoms with Gasteiger partial charge in [-0.2, -0.15) is 11.8 Å². The van der Waals surface area contributed by atoms with Gasteiger partial charge in [0.15, 0.2) is 0 Å². The Hall–Kier alpha value is -1.25. The van der Waals surface area contributed by atoms with Gasteiger partial charge < -0.3 is 4.74 Å². The van der Waals surface area contributed by atoms with Gasteiger partial charge in [-0.05, 0) is 23.6 Å². The molecule has 1 nitrogen and oxygen atoms in total. The first-order chi connectivity index (χ1) is 9.40. The largest absolute Gasteiger partial charge is 0.381 e. The van der Waals surface area contributed by atoms with E-state index in [4.69, 9.17) is 4.74 Å². The second-order valence-corrected chi connectivity index (χ2v) is 5.42. The van der Waals surface area contributed by atoms with E-state index in [1.807, 2.05) is 24.8 Å². The van der Waals surface area contributed by atoms with Crippen LogP contribution in [-0.4, -0.2) is 19.0 Å². The Bertz CT molecular complexity index is 464. The molecule has 2 aromatic carbocycles. The van der Waals surface area contributed by atoms with Crippen molar-refractivity contribution in [2.45, 2.75) is 12.7 Å². The molecule has 0 amide bonds. The number of hydrogen-bond donors (Lipinski definition) is 0. The van der Waals surface area contributed by atoms with Crippen LogP contribution in [0.1, 0.15) is 12.5 Å². The predicted octanol–water partition coefficient (Wildman–Crippen LogP) is 4.62. The molecule has 0 aliphatic rings. The molecule has 2 heteroatoms. The van der Waals surface area contributed by atoms with E-state index in [2.05, 4.69) is 48.5 Å². The van der Waals surface area contributed by atoms with Gasteiger partial charge in [-0.15, -0.1) is 0 Å². The maximum absolute atomic E-state index is 5.33. The van der Waals surface area contributed by atoms with Crippen LogP contribution in [0.3, 0.4) is 0 Å². The number of ether oxygens (including phenoxy) is 1. The van der Waals surface area contributed by atoms with Crippen molar-refractivity contribution in [2.75, 3.05) is 19.0 Å². The lowest BCUT2D eigenvalue weighted by Crippen LogP contribution is -1.96. The molecule has 2 rings (SSSR count). The molecule has 0 radical (unpaired) electrons. The maximum Gasteiger partial charge on any atom is 0.0556 e. The van der Waals surface area contributed by atoms with Gasteiger partial charge in [0.1, 0.15) is 0 Å². The van der Waals surface area contributed by atoms with Crippen molar-refractivity contribution in [3.05, 3.63) is 60.2 Å². The highest BCUT2D eigenvalue weighted by Crippen LogP contribution is 2.21. The van der Waals surface area contributed by atoms with Gasteiger partial charge in [0, 0.05) is 18.1 Å². The Morgan fingerprint density at radius 1 is 0.895 bits per heavy atom. The third-order valence-electron chi connectivity index (χ3n) is 2.91. The molecule has 0 heterocycles. The molecule has 0 spiro atoms. The van der Waals surface area contributed by atoms with Crippen molar-refractivity contribution in [1.29, 1.82) is 0 Å². The molecule has 0 unspecified atom stereocenters. The summed E-state index contributed by atoms with van der Waals surface area (Å²) in [5, 5.41) is 0. The average Bonchev–Trinajstić information content (AvgIpc) is 2.49. The SMILES string of the molecule is CCOCCSCc1ccc(-c2ccccc2)cc1. The highest BCUT2D eigenvalue weighted by molar-refractivity contribution is 7.98. The first-order valence-corrected chi connectivity index (χ1v) is 7.85. The summed E-state index contributed by atoms with van der Waals surface area (Å²) in [5.74, 6) is 2.12. The van der Waals surface area contributed by atoms with Crippen LogP contribution in [-0.2, 0) is 10.5 Å². The summed E-state index contributed by atoms with van der Waals surface area (Å²) in [6, 6.07) is 19.3. The third-order valence-corrected chi connectivity index (χ3v) is 3.90. The van der Waals surface area contributed by atoms with E-state index in [0.717, 1.165) is 24.7 Å². The van der Waals surface area contributed by atoms with Crippen molar-refractivity contribution in [2.24, 2.45) is 0 Å². The van der Waals surface area contributed by atoms with E-state index in [9.17, 15) is 0 Å². The quantitative estimate of drug-likeness (QED) is 0.680. The second kappa shape index (κ2) is 8.03. The normalized spacial score (nSPS) is 10.6. The zero-order valence-corrected chi connectivity index (χ0v) is 12.2. The van der Waals surface area contributed by atoms with E-state index in [1.165, 1.54) is 16.7 Å². The van der Waals surface area contributed by atoms with Crippen molar-refractivity contribution < 1.29 is 4.74 Å². The van der Waals surface area contributed by atoms with Crippen LogP contribution < -0.4 is 0 Å². The lowest BCUT2D eigenvalue weighted by molar-refractivity contribution is 0.164. The van der Waals surface area contributed by atoms with Gasteiger partial charge in [0.05, 0.1) is 6.61 Å². The highest BCUT2D eigenvalue weighted by Gasteiger charge is 1.98. The molecule has 0 saturated carbocycles. The molecule has 0 aliphatic carbocycles. The van der Waals surface area contributed by atoms with Gasteiger partial charge in [-0.1, -0.05) is 54.6 Å². The number of hydrogen-bond acceptors (Lipinski definition) is 2. The Morgan fingerprint density at radius 2 is 1.58 bits per heavy atom. The summed E-state index contributed by atoms with van der Waals surface area (Å²) in [5.41, 5.74) is 3.93. The third kappa shape index (κ3) is 4.73. The fraction of sp³-hybridized carbons (Fsp3) is 0.294. The monoisotopic (exact) mass is 272 g/mol. The minimum atomic E-state index is 0.812. The van der Waals surface area contributed by atoms with Gasteiger partial charge in [-0.25, -0.2) is 0 Å². The smallest absolute Gasteiger partial charge is 0.0556 e. The molecule has 2 aromatic rings. The summed E-state index contributed by atoms with van der Waals surface area (Å²) in [6.45, 7) is 3.70. The van der Waals surface area contributed by atoms with Crippen molar-refractivity contribution >= 4 is 11.8 Å². The Labute approximate surface area is 120 Å². The summed E-state index contributed by atoms with van der Waals surface area (Å²) < 4.78 is 5.33. The molecule has 19 heavy (non-hydrogen) atoms. The van der Waals surface area contributed by atoms with Gasteiger partial charge in [-0.3, -0.25) is 0 Å². The lowest BCUT2D eigenvalue weighted by Gasteiger charge is -2.05. The standard InChI is InChI=1S/C17H20OS/c1-2-18-12-13-19-14-15-8-10-17(11-9-15)16-6-4-3-5-7-16/h3-11H,2,12-14H2,1H3. The molecule has 0 bridgehead atoms. The van der Waals surface area contributed by atoms with Crippen LogP contribution in [0.2, 0.25) is 0 Å². The highest BCUT2D eigenvalue weighted by atomic mass is 32.2. The average molecular weight is 272 g/mol. The van der Waals surface area contributed by atoms with Crippen LogP contribution in [0.4, 0.5) is 0 Å². The van der Waals surface area contributed by atoms with E-state index in [1.54, 1.807) is 0 Å². The van der Waals surface area contributed by atoms with Crippen LogP contribution >= 0.6 is 11.8 Å². The summed E-state index contributed by atoms with van der Waals surface area (Å²) in [6.07, 6.45) is 0. The molecule has 100 valence electrons. The Balaban J connectivity index is 1.85. The molecular formula is C17H20OS. The molecule has 0 N–H and O–H groups in total. The second-order valence-electron chi connectivity index (χ2n) is 4.31. The van der Waals surface area contributed by atoms with Crippen LogP contribution in [0.25, 0.3) is 11.1 Å². The first kappa shape index (κ1) is 14.2. The number of thioether (sulfide) groups is 1. The summed E-state index contributed by atoms with van der Waals surface area (Å²) >= 11 is 1.92. The molecule has 0 saturated heterocycles. The predicted molar refractivity (Wildman–Crippen MR) is 84.5 cm³/mol. The summed E-state index contributed by atoms with van der Waals surface area (Å²) in [4.78, 5) is 0. The zero-order chi connectivity index (χ0) is 13.3. The first-order valence-electron chi connectivity index (χ1n) is 6.70. The number of rotatable bonds is 7. The molecule has 0 fully saturated rings. The zero-order valence-electron chi connectivity index (χ0n) is 11.3. The van der Waals surface area contributed by atoms with Crippen molar-refractivity contribution in [1.82, 2.24) is 0 Å². The molecule has 0 atom stereocenters. The Morgan fingerprint density at radius 3 is 2.26 bits per heavy atom. The van der Waals surface area contributed by atoms with E-state index in [0.29, 0.717) is 0 Å². The fourth-order valence-electron chi connectivity index (χ4n) is 1.88. The Kier molecular flexibility index (Phi) is 5.99. The van der Waals surface area contributed by atoms with Gasteiger partial charge >= 0.3 is 0 Å². The van der Waals surface area contributed by atoms with Crippen LogP contribution in [0, 0.1) is 0 Å². The van der Waals surface area contributed by atoms with Crippen molar-refractivity contribution in [3.63, 3.8) is 0 Å². The van der Waals surface area contributed by atoms with E-state index < -0.39 is 0 Å². The van der Waals surface area contributed by atoms with Gasteiger partial charge in [0.2, 0.25) is 0 Å². The van der Waals surface area contributed by atoms with Gasteiger partial charge in [0.25, 0.3) is 0 Å². The molecule has 0 aromatic heterocycles. The molecular weight excluding hydrogens is 252 g/mol. The lowest BCUT2D eigenvalue weighted by atomic mass is 10.0. The maximum atomic E-state index is 5.33. The topological polar surface area (TPSA) is 9.23 Å². The number of benzene rings is 2. The minimum Gasteiger partial charge on any atom is -0.381 e. The van der Waals surface area contributed by atoms with E-state index in [-0.39, 0.29) is 0 Å². The minimum absolute atomic E-state index is 0.812. The van der Waals surface area contributed by atoms with Crippen LogP contribution in [0.5, 0.6) is 0 Å². The molecule has 0 aliphatic heterocycles. The van der Waals surface area contributed by atoms with E-state index >= 15 is 0 Å². The summed E-state index contributed by atoms with van der Waals surface area (Å²) in [7, 11) is 0. The fourth-order valence-corrected chi connectivity index (χ4v) is 2.68. The van der Waals surface area contributed by atoms with Crippen LogP contribution in [0.15, 0.2) is 54.6 Å².